The molecule has 132 valence electrons. The van der Waals surface area contributed by atoms with Crippen LogP contribution < -0.4 is 10.1 Å². The van der Waals surface area contributed by atoms with E-state index in [9.17, 15) is 4.79 Å². The maximum atomic E-state index is 12.1. The summed E-state index contributed by atoms with van der Waals surface area (Å²) < 4.78 is 5.60. The molecule has 0 bridgehead atoms. The molecule has 3 nitrogen and oxygen atoms in total. The van der Waals surface area contributed by atoms with Crippen molar-refractivity contribution < 1.29 is 9.53 Å². The van der Waals surface area contributed by atoms with Crippen LogP contribution in [0.15, 0.2) is 78.9 Å². The number of rotatable bonds is 6. The minimum Gasteiger partial charge on any atom is -0.484 e. The Labute approximate surface area is 154 Å². The molecule has 0 aliphatic carbocycles. The summed E-state index contributed by atoms with van der Waals surface area (Å²) in [6.45, 7) is 4.04. The lowest BCUT2D eigenvalue weighted by Gasteiger charge is -2.14. The molecule has 0 radical (unpaired) electrons. The minimum atomic E-state index is -0.135. The standard InChI is InChI=1S/C23H23NO2/c1-17-8-10-20(11-9-17)21-12-14-22(15-13-21)26-16-23(25)24-18(2)19-6-4-3-5-7-19/h3-15,18H,16H2,1-2H3,(H,24,25). The summed E-state index contributed by atoms with van der Waals surface area (Å²) in [6.07, 6.45) is 0. The van der Waals surface area contributed by atoms with Gasteiger partial charge >= 0.3 is 0 Å². The zero-order valence-electron chi connectivity index (χ0n) is 15.1. The van der Waals surface area contributed by atoms with Crippen molar-refractivity contribution in [2.45, 2.75) is 19.9 Å². The summed E-state index contributed by atoms with van der Waals surface area (Å²) in [5, 5.41) is 2.94. The van der Waals surface area contributed by atoms with Crippen LogP contribution in [-0.2, 0) is 4.79 Å². The van der Waals surface area contributed by atoms with Crippen LogP contribution in [0.3, 0.4) is 0 Å². The number of nitrogens with one attached hydrogen (secondary N) is 1. The molecule has 0 saturated carbocycles. The third-order valence-corrected chi connectivity index (χ3v) is 4.29. The summed E-state index contributed by atoms with van der Waals surface area (Å²) in [7, 11) is 0. The van der Waals surface area contributed by atoms with Gasteiger partial charge in [-0.15, -0.1) is 0 Å². The van der Waals surface area contributed by atoms with E-state index < -0.39 is 0 Å². The fraction of sp³-hybridized carbons (Fsp3) is 0.174. The maximum absolute atomic E-state index is 12.1. The quantitative estimate of drug-likeness (QED) is 0.689. The van der Waals surface area contributed by atoms with Crippen molar-refractivity contribution >= 4 is 5.91 Å². The second kappa shape index (κ2) is 8.34. The molecular formula is C23H23NO2. The van der Waals surface area contributed by atoms with Crippen molar-refractivity contribution in [2.24, 2.45) is 0 Å². The van der Waals surface area contributed by atoms with E-state index in [1.165, 1.54) is 5.56 Å². The van der Waals surface area contributed by atoms with Crippen LogP contribution in [0.25, 0.3) is 11.1 Å². The Bertz CT molecular complexity index is 840. The normalized spacial score (nSPS) is 11.6. The Morgan fingerprint density at radius 3 is 2.08 bits per heavy atom. The van der Waals surface area contributed by atoms with E-state index in [1.807, 2.05) is 61.5 Å². The van der Waals surface area contributed by atoms with Gasteiger partial charge in [0.05, 0.1) is 6.04 Å². The molecule has 1 amide bonds. The first-order valence-corrected chi connectivity index (χ1v) is 8.76. The van der Waals surface area contributed by atoms with Crippen molar-refractivity contribution in [3.8, 4) is 16.9 Å². The number of amides is 1. The lowest BCUT2D eigenvalue weighted by molar-refractivity contribution is -0.123. The number of hydrogen-bond donors (Lipinski definition) is 1. The number of ether oxygens (including phenoxy) is 1. The van der Waals surface area contributed by atoms with E-state index in [0.717, 1.165) is 16.7 Å². The van der Waals surface area contributed by atoms with Gasteiger partial charge in [0.1, 0.15) is 5.75 Å². The number of carbonyl (C=O) groups is 1. The van der Waals surface area contributed by atoms with Crippen LogP contribution in [0.5, 0.6) is 5.75 Å². The van der Waals surface area contributed by atoms with Gasteiger partial charge in [0.15, 0.2) is 6.61 Å². The van der Waals surface area contributed by atoms with E-state index in [-0.39, 0.29) is 18.6 Å². The Morgan fingerprint density at radius 2 is 1.46 bits per heavy atom. The maximum Gasteiger partial charge on any atom is 0.258 e. The molecule has 0 spiro atoms. The zero-order valence-corrected chi connectivity index (χ0v) is 15.1. The summed E-state index contributed by atoms with van der Waals surface area (Å²) in [6, 6.07) is 26.0. The van der Waals surface area contributed by atoms with Gasteiger partial charge in [-0.1, -0.05) is 72.3 Å². The molecule has 3 heteroatoms. The van der Waals surface area contributed by atoms with Crippen LogP contribution in [0, 0.1) is 6.92 Å². The zero-order chi connectivity index (χ0) is 18.4. The molecule has 0 aromatic heterocycles. The van der Waals surface area contributed by atoms with Crippen molar-refractivity contribution in [3.63, 3.8) is 0 Å². The second-order valence-electron chi connectivity index (χ2n) is 6.38. The average Bonchev–Trinajstić information content (AvgIpc) is 2.68. The highest BCUT2D eigenvalue weighted by atomic mass is 16.5. The van der Waals surface area contributed by atoms with Crippen LogP contribution in [0.4, 0.5) is 0 Å². The highest BCUT2D eigenvalue weighted by Gasteiger charge is 2.09. The molecule has 0 heterocycles. The predicted molar refractivity (Wildman–Crippen MR) is 105 cm³/mol. The number of carbonyl (C=O) groups excluding carboxylic acids is 1. The van der Waals surface area contributed by atoms with Crippen LogP contribution in [-0.4, -0.2) is 12.5 Å². The fourth-order valence-electron chi connectivity index (χ4n) is 2.75. The van der Waals surface area contributed by atoms with Crippen molar-refractivity contribution in [1.29, 1.82) is 0 Å². The predicted octanol–water partition coefficient (Wildman–Crippen LogP) is 4.92. The van der Waals surface area contributed by atoms with Gasteiger partial charge in [-0.2, -0.15) is 0 Å². The smallest absolute Gasteiger partial charge is 0.258 e. The monoisotopic (exact) mass is 345 g/mol. The Hall–Kier alpha value is -3.07. The van der Waals surface area contributed by atoms with Crippen molar-refractivity contribution in [2.75, 3.05) is 6.61 Å². The summed E-state index contributed by atoms with van der Waals surface area (Å²) in [5.41, 5.74) is 4.60. The molecule has 3 rings (SSSR count). The third kappa shape index (κ3) is 4.73. The van der Waals surface area contributed by atoms with Crippen LogP contribution in [0.1, 0.15) is 24.1 Å². The molecule has 0 fully saturated rings. The molecule has 3 aromatic carbocycles. The van der Waals surface area contributed by atoms with E-state index in [4.69, 9.17) is 4.74 Å². The molecule has 1 N–H and O–H groups in total. The first kappa shape index (κ1) is 17.7. The lowest BCUT2D eigenvalue weighted by Crippen LogP contribution is -2.31. The van der Waals surface area contributed by atoms with Gasteiger partial charge in [0.25, 0.3) is 5.91 Å². The molecule has 0 saturated heterocycles. The van der Waals surface area contributed by atoms with E-state index in [0.29, 0.717) is 5.75 Å². The summed E-state index contributed by atoms with van der Waals surface area (Å²) >= 11 is 0. The van der Waals surface area contributed by atoms with Crippen molar-refractivity contribution in [3.05, 3.63) is 90.0 Å². The second-order valence-corrected chi connectivity index (χ2v) is 6.38. The van der Waals surface area contributed by atoms with E-state index in [2.05, 4.69) is 36.5 Å². The minimum absolute atomic E-state index is 0.00104. The van der Waals surface area contributed by atoms with Crippen molar-refractivity contribution in [1.82, 2.24) is 5.32 Å². The highest BCUT2D eigenvalue weighted by molar-refractivity contribution is 5.78. The fourth-order valence-corrected chi connectivity index (χ4v) is 2.75. The summed E-state index contributed by atoms with van der Waals surface area (Å²) in [4.78, 5) is 12.1. The molecule has 1 unspecified atom stereocenters. The Kier molecular flexibility index (Phi) is 5.69. The van der Waals surface area contributed by atoms with Crippen LogP contribution >= 0.6 is 0 Å². The summed E-state index contributed by atoms with van der Waals surface area (Å²) in [5.74, 6) is 0.548. The molecule has 26 heavy (non-hydrogen) atoms. The average molecular weight is 345 g/mol. The largest absolute Gasteiger partial charge is 0.484 e. The first-order valence-electron chi connectivity index (χ1n) is 8.76. The first-order chi connectivity index (χ1) is 12.6. The third-order valence-electron chi connectivity index (χ3n) is 4.29. The van der Waals surface area contributed by atoms with E-state index in [1.54, 1.807) is 0 Å². The van der Waals surface area contributed by atoms with Gasteiger partial charge in [0.2, 0.25) is 0 Å². The molecule has 3 aromatic rings. The molecule has 1 atom stereocenters. The van der Waals surface area contributed by atoms with Gasteiger partial charge in [-0.3, -0.25) is 4.79 Å². The van der Waals surface area contributed by atoms with Gasteiger partial charge in [-0.25, -0.2) is 0 Å². The molecular weight excluding hydrogens is 322 g/mol. The number of hydrogen-bond acceptors (Lipinski definition) is 2. The van der Waals surface area contributed by atoms with Gasteiger partial charge < -0.3 is 10.1 Å². The van der Waals surface area contributed by atoms with E-state index >= 15 is 0 Å². The topological polar surface area (TPSA) is 38.3 Å². The number of benzene rings is 3. The van der Waals surface area contributed by atoms with Crippen LogP contribution in [0.2, 0.25) is 0 Å². The highest BCUT2D eigenvalue weighted by Crippen LogP contribution is 2.22. The lowest BCUT2D eigenvalue weighted by atomic mass is 10.0. The Morgan fingerprint density at radius 1 is 0.885 bits per heavy atom. The van der Waals surface area contributed by atoms with Gasteiger partial charge in [-0.05, 0) is 42.7 Å². The molecule has 0 aliphatic heterocycles. The molecule has 0 aliphatic rings. The van der Waals surface area contributed by atoms with Gasteiger partial charge in [0, 0.05) is 0 Å². The SMILES string of the molecule is Cc1ccc(-c2ccc(OCC(=O)NC(C)c3ccccc3)cc2)cc1. The Balaban J connectivity index is 1.53. The number of aryl methyl sites for hydroxylation is 1.